The molecule has 0 aliphatic heterocycles. The zero-order valence-electron chi connectivity index (χ0n) is 12.1. The maximum absolute atomic E-state index is 12.1. The molecule has 0 saturated heterocycles. The number of carbonyl (C=O) groups is 1. The number of hydrogen-bond acceptors (Lipinski definition) is 4. The van der Waals surface area contributed by atoms with E-state index in [1.54, 1.807) is 11.9 Å². The molecule has 0 unspecified atom stereocenters. The Hall–Kier alpha value is -1.43. The highest BCUT2D eigenvalue weighted by atomic mass is 16.2. The van der Waals surface area contributed by atoms with Gasteiger partial charge in [-0.15, -0.1) is 5.10 Å². The molecular formula is C12H23N5O. The van der Waals surface area contributed by atoms with E-state index in [0.29, 0.717) is 6.54 Å². The third-order valence-electron chi connectivity index (χ3n) is 2.62. The van der Waals surface area contributed by atoms with Crippen LogP contribution in [0.25, 0.3) is 0 Å². The van der Waals surface area contributed by atoms with E-state index >= 15 is 0 Å². The third kappa shape index (κ3) is 3.80. The fourth-order valence-corrected chi connectivity index (χ4v) is 1.32. The van der Waals surface area contributed by atoms with Crippen molar-refractivity contribution in [2.45, 2.75) is 26.2 Å². The number of nitrogens with zero attached hydrogens (tertiary/aromatic N) is 4. The molecule has 0 aromatic carbocycles. The van der Waals surface area contributed by atoms with E-state index in [9.17, 15) is 4.79 Å². The second-order valence-corrected chi connectivity index (χ2v) is 5.79. The van der Waals surface area contributed by atoms with Gasteiger partial charge in [0, 0.05) is 25.6 Å². The Labute approximate surface area is 108 Å². The molecule has 0 aliphatic rings. The lowest BCUT2D eigenvalue weighted by Crippen LogP contribution is -2.34. The quantitative estimate of drug-likeness (QED) is 0.859. The van der Waals surface area contributed by atoms with Crippen LogP contribution in [0.1, 0.15) is 37.2 Å². The second kappa shape index (κ2) is 5.48. The van der Waals surface area contributed by atoms with Crippen molar-refractivity contribution in [2.24, 2.45) is 0 Å². The van der Waals surface area contributed by atoms with Crippen LogP contribution < -0.4 is 0 Å². The maximum atomic E-state index is 12.1. The molecule has 0 spiro atoms. The van der Waals surface area contributed by atoms with Crippen molar-refractivity contribution in [1.82, 2.24) is 25.0 Å². The summed E-state index contributed by atoms with van der Waals surface area (Å²) >= 11 is 0. The van der Waals surface area contributed by atoms with Crippen LogP contribution in [0.15, 0.2) is 0 Å². The topological polar surface area (TPSA) is 65.1 Å². The molecular weight excluding hydrogens is 230 g/mol. The van der Waals surface area contributed by atoms with E-state index in [-0.39, 0.29) is 17.1 Å². The van der Waals surface area contributed by atoms with E-state index in [0.717, 1.165) is 12.4 Å². The van der Waals surface area contributed by atoms with E-state index in [1.807, 2.05) is 39.8 Å². The molecule has 1 rings (SSSR count). The molecule has 0 saturated carbocycles. The Morgan fingerprint density at radius 3 is 2.28 bits per heavy atom. The Balaban J connectivity index is 2.70. The lowest BCUT2D eigenvalue weighted by Gasteiger charge is -2.18. The standard InChI is InChI=1S/C12H23N5O/c1-12(2,3)11-13-9(14-15-11)10(18)17(6)8-7-16(4)5/h7-8H2,1-6H3,(H,13,14,15). The fraction of sp³-hybridized carbons (Fsp3) is 0.750. The number of aromatic nitrogens is 3. The Bertz CT molecular complexity index is 405. The molecule has 0 radical (unpaired) electrons. The van der Waals surface area contributed by atoms with Crippen LogP contribution in [-0.2, 0) is 5.41 Å². The monoisotopic (exact) mass is 253 g/mol. The lowest BCUT2D eigenvalue weighted by atomic mass is 9.96. The number of likely N-dealkylation sites (N-methyl/N-ethyl adjacent to an activating group) is 2. The van der Waals surface area contributed by atoms with Gasteiger partial charge in [0.05, 0.1) is 0 Å². The minimum Gasteiger partial charge on any atom is -0.338 e. The zero-order valence-corrected chi connectivity index (χ0v) is 12.1. The normalized spacial score (nSPS) is 11.9. The summed E-state index contributed by atoms with van der Waals surface area (Å²) in [5.74, 6) is 0.816. The van der Waals surface area contributed by atoms with Crippen molar-refractivity contribution in [3.8, 4) is 0 Å². The number of aromatic amines is 1. The molecule has 1 aromatic rings. The van der Waals surface area contributed by atoms with Crippen LogP contribution in [0.4, 0.5) is 0 Å². The highest BCUT2D eigenvalue weighted by Crippen LogP contribution is 2.17. The van der Waals surface area contributed by atoms with Gasteiger partial charge in [0.2, 0.25) is 5.82 Å². The molecule has 102 valence electrons. The van der Waals surface area contributed by atoms with E-state index < -0.39 is 0 Å². The maximum Gasteiger partial charge on any atom is 0.293 e. The van der Waals surface area contributed by atoms with Crippen LogP contribution in [0.2, 0.25) is 0 Å². The van der Waals surface area contributed by atoms with Gasteiger partial charge in [-0.1, -0.05) is 20.8 Å². The lowest BCUT2D eigenvalue weighted by molar-refractivity contribution is 0.0774. The van der Waals surface area contributed by atoms with Gasteiger partial charge in [-0.3, -0.25) is 9.89 Å². The summed E-state index contributed by atoms with van der Waals surface area (Å²) in [4.78, 5) is 20.0. The predicted molar refractivity (Wildman–Crippen MR) is 70.6 cm³/mol. The summed E-state index contributed by atoms with van der Waals surface area (Å²) < 4.78 is 0. The van der Waals surface area contributed by atoms with Crippen LogP contribution in [0, 0.1) is 0 Å². The molecule has 18 heavy (non-hydrogen) atoms. The van der Waals surface area contributed by atoms with Crippen LogP contribution in [-0.4, -0.2) is 65.1 Å². The van der Waals surface area contributed by atoms with Crippen LogP contribution in [0.5, 0.6) is 0 Å². The van der Waals surface area contributed by atoms with E-state index in [4.69, 9.17) is 0 Å². The number of nitrogens with one attached hydrogen (secondary N) is 1. The third-order valence-corrected chi connectivity index (χ3v) is 2.62. The first-order valence-corrected chi connectivity index (χ1v) is 6.05. The van der Waals surface area contributed by atoms with E-state index in [2.05, 4.69) is 15.2 Å². The van der Waals surface area contributed by atoms with Crippen LogP contribution in [0.3, 0.4) is 0 Å². The van der Waals surface area contributed by atoms with Crippen molar-refractivity contribution in [3.05, 3.63) is 11.6 Å². The van der Waals surface area contributed by atoms with E-state index in [1.165, 1.54) is 0 Å². The molecule has 1 N–H and O–H groups in total. The van der Waals surface area contributed by atoms with Gasteiger partial charge in [0.1, 0.15) is 5.82 Å². The zero-order chi connectivity index (χ0) is 13.9. The summed E-state index contributed by atoms with van der Waals surface area (Å²) in [7, 11) is 5.71. The first-order valence-electron chi connectivity index (χ1n) is 6.05. The number of hydrogen-bond donors (Lipinski definition) is 1. The highest BCUT2D eigenvalue weighted by molar-refractivity contribution is 5.90. The summed E-state index contributed by atoms with van der Waals surface area (Å²) in [5.41, 5.74) is -0.131. The molecule has 1 aromatic heterocycles. The fourth-order valence-electron chi connectivity index (χ4n) is 1.32. The summed E-state index contributed by atoms with van der Waals surface area (Å²) in [6.45, 7) is 7.55. The van der Waals surface area contributed by atoms with Gasteiger partial charge in [0.25, 0.3) is 5.91 Å². The first-order chi connectivity index (χ1) is 8.21. The number of H-pyrrole nitrogens is 1. The van der Waals surface area contributed by atoms with Gasteiger partial charge in [-0.05, 0) is 14.1 Å². The van der Waals surface area contributed by atoms with Crippen molar-refractivity contribution in [2.75, 3.05) is 34.2 Å². The van der Waals surface area contributed by atoms with Crippen LogP contribution >= 0.6 is 0 Å². The van der Waals surface area contributed by atoms with Gasteiger partial charge in [-0.25, -0.2) is 4.98 Å². The Kier molecular flexibility index (Phi) is 4.45. The van der Waals surface area contributed by atoms with Gasteiger partial charge >= 0.3 is 0 Å². The predicted octanol–water partition coefficient (Wildman–Crippen LogP) is 0.736. The minimum absolute atomic E-state index is 0.131. The summed E-state index contributed by atoms with van der Waals surface area (Å²) in [6.07, 6.45) is 0. The summed E-state index contributed by atoms with van der Waals surface area (Å²) in [6, 6.07) is 0. The first kappa shape index (κ1) is 14.6. The van der Waals surface area contributed by atoms with Gasteiger partial charge in [-0.2, -0.15) is 0 Å². The molecule has 0 fully saturated rings. The second-order valence-electron chi connectivity index (χ2n) is 5.79. The Morgan fingerprint density at radius 2 is 1.83 bits per heavy atom. The summed E-state index contributed by atoms with van der Waals surface area (Å²) in [5, 5.41) is 6.82. The van der Waals surface area contributed by atoms with Gasteiger partial charge < -0.3 is 9.80 Å². The van der Waals surface area contributed by atoms with Crippen molar-refractivity contribution in [1.29, 1.82) is 0 Å². The average molecular weight is 253 g/mol. The largest absolute Gasteiger partial charge is 0.338 e. The molecule has 6 nitrogen and oxygen atoms in total. The molecule has 0 bridgehead atoms. The molecule has 0 aliphatic carbocycles. The van der Waals surface area contributed by atoms with Crippen molar-refractivity contribution < 1.29 is 4.79 Å². The molecule has 1 amide bonds. The molecule has 0 atom stereocenters. The van der Waals surface area contributed by atoms with Crippen molar-refractivity contribution in [3.63, 3.8) is 0 Å². The van der Waals surface area contributed by atoms with Crippen molar-refractivity contribution >= 4 is 5.91 Å². The molecule has 1 heterocycles. The number of amides is 1. The smallest absolute Gasteiger partial charge is 0.293 e. The number of carbonyl (C=O) groups excluding carboxylic acids is 1. The SMILES string of the molecule is CN(C)CCN(C)C(=O)c1n[nH]c(C(C)(C)C)n1. The highest BCUT2D eigenvalue weighted by Gasteiger charge is 2.22. The average Bonchev–Trinajstić information content (AvgIpc) is 2.73. The Morgan fingerprint density at radius 1 is 1.22 bits per heavy atom. The molecule has 6 heteroatoms. The van der Waals surface area contributed by atoms with Gasteiger partial charge in [0.15, 0.2) is 0 Å². The minimum atomic E-state index is -0.149. The number of rotatable bonds is 4.